The lowest BCUT2D eigenvalue weighted by Crippen LogP contribution is -2.26. The Hall–Kier alpha value is -7.79. The minimum absolute atomic E-state index is 0.0136. The SMILES string of the molecule is N#CC(C#N)=C1OC2(C(/C=C/c3ccc(N=Nc4ccc(N(c5ccccc5)c5ccccc5)cc4)cc3)=C1C#N)c1ccccc1-c1ccccc12. The molecule has 1 aliphatic carbocycles. The Kier molecular flexibility index (Phi) is 8.47. The standard InChI is InChI=1S/C46H28N6O/c47-29-33(30-48)45-41(31-49)44(46(53-45)42-17-9-7-15-39(42)40-16-8-10-18-43(40)46)28-21-32-19-22-34(23-20-32)50-51-35-24-26-38(27-25-35)52(36-11-3-1-4-12-36)37-13-5-2-6-14-37/h1-28H/b28-21+,51-50?. The van der Waals surface area contributed by atoms with E-state index in [0.29, 0.717) is 11.3 Å². The molecule has 2 aliphatic rings. The fourth-order valence-electron chi connectivity index (χ4n) is 6.98. The van der Waals surface area contributed by atoms with E-state index in [2.05, 4.69) is 45.5 Å². The highest BCUT2D eigenvalue weighted by Gasteiger charge is 2.54. The number of allylic oxidation sites excluding steroid dienone is 2. The van der Waals surface area contributed by atoms with Crippen LogP contribution in [0.5, 0.6) is 0 Å². The first-order valence-electron chi connectivity index (χ1n) is 16.9. The normalized spacial score (nSPS) is 13.6. The molecule has 0 N–H and O–H groups in total. The number of para-hydroxylation sites is 2. The summed E-state index contributed by atoms with van der Waals surface area (Å²) in [4.78, 5) is 2.19. The second-order valence-electron chi connectivity index (χ2n) is 12.4. The summed E-state index contributed by atoms with van der Waals surface area (Å²) in [5.41, 5.74) is 8.25. The van der Waals surface area contributed by atoms with Crippen molar-refractivity contribution in [1.29, 1.82) is 15.8 Å². The van der Waals surface area contributed by atoms with Crippen molar-refractivity contribution in [1.82, 2.24) is 0 Å². The van der Waals surface area contributed by atoms with Crippen molar-refractivity contribution in [3.63, 3.8) is 0 Å². The summed E-state index contributed by atoms with van der Waals surface area (Å²) >= 11 is 0. The van der Waals surface area contributed by atoms with E-state index in [1.54, 1.807) is 0 Å². The van der Waals surface area contributed by atoms with E-state index in [-0.39, 0.29) is 16.9 Å². The Morgan fingerprint density at radius 2 is 1.02 bits per heavy atom. The first-order valence-corrected chi connectivity index (χ1v) is 16.9. The van der Waals surface area contributed by atoms with E-state index in [1.165, 1.54) is 0 Å². The molecule has 0 unspecified atom stereocenters. The van der Waals surface area contributed by atoms with Crippen LogP contribution < -0.4 is 4.90 Å². The molecule has 248 valence electrons. The highest BCUT2D eigenvalue weighted by molar-refractivity contribution is 5.85. The molecule has 8 rings (SSSR count). The molecule has 1 aliphatic heterocycles. The summed E-state index contributed by atoms with van der Waals surface area (Å²) in [5.74, 6) is -0.0136. The maximum Gasteiger partial charge on any atom is 0.187 e. The third-order valence-corrected chi connectivity index (χ3v) is 9.35. The number of rotatable bonds is 7. The van der Waals surface area contributed by atoms with Crippen LogP contribution in [0.1, 0.15) is 16.7 Å². The molecule has 1 heterocycles. The molecular formula is C46H28N6O. The average Bonchev–Trinajstić information content (AvgIpc) is 3.70. The van der Waals surface area contributed by atoms with E-state index < -0.39 is 5.60 Å². The average molecular weight is 681 g/mol. The molecule has 0 aromatic heterocycles. The molecule has 53 heavy (non-hydrogen) atoms. The van der Waals surface area contributed by atoms with Crippen molar-refractivity contribution in [2.75, 3.05) is 4.90 Å². The molecular weight excluding hydrogens is 653 g/mol. The Morgan fingerprint density at radius 3 is 1.53 bits per heavy atom. The highest BCUT2D eigenvalue weighted by atomic mass is 16.5. The zero-order valence-corrected chi connectivity index (χ0v) is 28.3. The van der Waals surface area contributed by atoms with Gasteiger partial charge in [-0.3, -0.25) is 0 Å². The van der Waals surface area contributed by atoms with E-state index >= 15 is 0 Å². The van der Waals surface area contributed by atoms with Crippen LogP contribution in [-0.2, 0) is 10.3 Å². The molecule has 6 aromatic rings. The maximum absolute atomic E-state index is 10.4. The molecule has 0 bridgehead atoms. The van der Waals surface area contributed by atoms with Gasteiger partial charge in [0.1, 0.15) is 23.8 Å². The Balaban J connectivity index is 1.08. The fourth-order valence-corrected chi connectivity index (χ4v) is 6.98. The van der Waals surface area contributed by atoms with Crippen molar-refractivity contribution < 1.29 is 4.74 Å². The summed E-state index contributed by atoms with van der Waals surface area (Å²) < 4.78 is 6.63. The zero-order chi connectivity index (χ0) is 36.2. The molecule has 7 nitrogen and oxygen atoms in total. The summed E-state index contributed by atoms with van der Waals surface area (Å²) in [6, 6.07) is 57.8. The fraction of sp³-hybridized carbons (Fsp3) is 0.0217. The first-order chi connectivity index (χ1) is 26.1. The number of azo groups is 1. The number of nitrogens with zero attached hydrogens (tertiary/aromatic N) is 6. The lowest BCUT2D eigenvalue weighted by molar-refractivity contribution is 0.100. The van der Waals surface area contributed by atoms with Crippen LogP contribution in [0.4, 0.5) is 28.4 Å². The van der Waals surface area contributed by atoms with E-state index in [9.17, 15) is 15.8 Å². The Morgan fingerprint density at radius 1 is 0.547 bits per heavy atom. The summed E-state index contributed by atoms with van der Waals surface area (Å²) in [6.45, 7) is 0. The molecule has 0 fully saturated rings. The molecule has 6 aromatic carbocycles. The van der Waals surface area contributed by atoms with Crippen molar-refractivity contribution in [3.8, 4) is 29.3 Å². The highest BCUT2D eigenvalue weighted by Crippen LogP contribution is 2.59. The molecule has 0 saturated carbocycles. The van der Waals surface area contributed by atoms with Crippen LogP contribution in [0.2, 0.25) is 0 Å². The largest absolute Gasteiger partial charge is 0.469 e. The summed E-state index contributed by atoms with van der Waals surface area (Å²) in [7, 11) is 0. The number of benzene rings is 6. The number of hydrogen-bond donors (Lipinski definition) is 0. The molecule has 0 atom stereocenters. The number of fused-ring (bicyclic) bond motifs is 5. The van der Waals surface area contributed by atoms with Crippen molar-refractivity contribution in [2.24, 2.45) is 10.2 Å². The van der Waals surface area contributed by atoms with Gasteiger partial charge in [0.2, 0.25) is 0 Å². The molecule has 7 heteroatoms. The van der Waals surface area contributed by atoms with Gasteiger partial charge in [-0.15, -0.1) is 0 Å². The number of hydrogen-bond acceptors (Lipinski definition) is 7. The third-order valence-electron chi connectivity index (χ3n) is 9.35. The van der Waals surface area contributed by atoms with Gasteiger partial charge in [-0.2, -0.15) is 26.0 Å². The van der Waals surface area contributed by atoms with Gasteiger partial charge in [-0.1, -0.05) is 109 Å². The second-order valence-corrected chi connectivity index (χ2v) is 12.4. The molecule has 1 spiro atoms. The van der Waals surface area contributed by atoms with E-state index in [0.717, 1.165) is 50.6 Å². The quantitative estimate of drug-likeness (QED) is 0.123. The predicted octanol–water partition coefficient (Wildman–Crippen LogP) is 11.7. The lowest BCUT2D eigenvalue weighted by atomic mass is 9.82. The Labute approximate surface area is 307 Å². The number of ether oxygens (including phenoxy) is 1. The monoisotopic (exact) mass is 680 g/mol. The van der Waals surface area contributed by atoms with Gasteiger partial charge in [-0.05, 0) is 77.4 Å². The Bertz CT molecular complexity index is 2500. The van der Waals surface area contributed by atoms with Crippen LogP contribution in [0.3, 0.4) is 0 Å². The van der Waals surface area contributed by atoms with Gasteiger partial charge in [0.05, 0.1) is 11.4 Å². The molecule has 0 amide bonds. The van der Waals surface area contributed by atoms with Crippen LogP contribution >= 0.6 is 0 Å². The number of anilines is 3. The van der Waals surface area contributed by atoms with Gasteiger partial charge in [-0.25, -0.2) is 0 Å². The smallest absolute Gasteiger partial charge is 0.187 e. The van der Waals surface area contributed by atoms with Crippen LogP contribution in [-0.4, -0.2) is 0 Å². The van der Waals surface area contributed by atoms with Crippen molar-refractivity contribution in [3.05, 3.63) is 203 Å². The number of nitriles is 3. The van der Waals surface area contributed by atoms with Gasteiger partial charge >= 0.3 is 0 Å². The van der Waals surface area contributed by atoms with Crippen LogP contribution in [0, 0.1) is 34.0 Å². The van der Waals surface area contributed by atoms with Gasteiger partial charge in [0.25, 0.3) is 0 Å². The summed E-state index contributed by atoms with van der Waals surface area (Å²) in [5, 5.41) is 39.0. The van der Waals surface area contributed by atoms with E-state index in [1.807, 2.05) is 158 Å². The van der Waals surface area contributed by atoms with Crippen molar-refractivity contribution in [2.45, 2.75) is 5.60 Å². The van der Waals surface area contributed by atoms with Gasteiger partial charge in [0.15, 0.2) is 16.9 Å². The topological polar surface area (TPSA) is 109 Å². The summed E-state index contributed by atoms with van der Waals surface area (Å²) in [6.07, 6.45) is 3.75. The molecule has 0 saturated heterocycles. The third kappa shape index (κ3) is 5.73. The minimum atomic E-state index is -1.20. The van der Waals surface area contributed by atoms with Gasteiger partial charge in [0, 0.05) is 33.8 Å². The van der Waals surface area contributed by atoms with Crippen LogP contribution in [0.25, 0.3) is 17.2 Å². The van der Waals surface area contributed by atoms with Gasteiger partial charge < -0.3 is 9.64 Å². The zero-order valence-electron chi connectivity index (χ0n) is 28.3. The predicted molar refractivity (Wildman–Crippen MR) is 205 cm³/mol. The van der Waals surface area contributed by atoms with E-state index in [4.69, 9.17) is 4.74 Å². The van der Waals surface area contributed by atoms with Crippen molar-refractivity contribution >= 4 is 34.5 Å². The molecule has 0 radical (unpaired) electrons. The maximum atomic E-state index is 10.4. The van der Waals surface area contributed by atoms with Crippen LogP contribution in [0.15, 0.2) is 197 Å². The minimum Gasteiger partial charge on any atom is -0.469 e. The second kappa shape index (κ2) is 13.8. The lowest BCUT2D eigenvalue weighted by Gasteiger charge is -2.29. The first kappa shape index (κ1) is 32.4.